The average Bonchev–Trinajstić information content (AvgIpc) is 2.36. The van der Waals surface area contributed by atoms with Crippen molar-refractivity contribution in [1.29, 1.82) is 0 Å². The molecule has 3 heteroatoms. The zero-order chi connectivity index (χ0) is 12.6. The molecule has 0 spiro atoms. The fourth-order valence-corrected chi connectivity index (χ4v) is 3.47. The van der Waals surface area contributed by atoms with Crippen molar-refractivity contribution in [2.24, 2.45) is 0 Å². The highest BCUT2D eigenvalue weighted by Crippen LogP contribution is 2.47. The van der Waals surface area contributed by atoms with Gasteiger partial charge >= 0.3 is 0 Å². The highest BCUT2D eigenvalue weighted by atomic mass is 31.2. The van der Waals surface area contributed by atoms with Gasteiger partial charge in [0, 0.05) is 12.3 Å². The number of hydrogen-bond donors (Lipinski definition) is 0. The van der Waals surface area contributed by atoms with E-state index in [1.165, 1.54) is 12.8 Å². The van der Waals surface area contributed by atoms with E-state index in [4.69, 9.17) is 4.52 Å². The second-order valence-corrected chi connectivity index (χ2v) is 7.21. The predicted molar refractivity (Wildman–Crippen MR) is 74.2 cm³/mol. The summed E-state index contributed by atoms with van der Waals surface area (Å²) >= 11 is 0. The van der Waals surface area contributed by atoms with Crippen molar-refractivity contribution in [2.45, 2.75) is 39.5 Å². The summed E-state index contributed by atoms with van der Waals surface area (Å²) in [6, 6.07) is 9.49. The molecule has 17 heavy (non-hydrogen) atoms. The Hall–Kier alpha value is -0.750. The molecule has 0 aliphatic heterocycles. The Labute approximate surface area is 105 Å². The van der Waals surface area contributed by atoms with Crippen LogP contribution in [0.3, 0.4) is 0 Å². The van der Waals surface area contributed by atoms with E-state index in [1.54, 1.807) is 0 Å². The maximum atomic E-state index is 12.5. The Morgan fingerprint density at radius 3 is 2.35 bits per heavy atom. The van der Waals surface area contributed by atoms with Crippen LogP contribution in [0.2, 0.25) is 0 Å². The van der Waals surface area contributed by atoms with Gasteiger partial charge in [-0.3, -0.25) is 4.57 Å². The molecule has 0 saturated carbocycles. The summed E-state index contributed by atoms with van der Waals surface area (Å²) in [4.78, 5) is 0. The van der Waals surface area contributed by atoms with Crippen LogP contribution in [0.15, 0.2) is 30.3 Å². The molecule has 96 valence electrons. The highest BCUT2D eigenvalue weighted by molar-refractivity contribution is 7.59. The Kier molecular flexibility index (Phi) is 6.36. The minimum absolute atomic E-state index is 0.619. The first-order valence-electron chi connectivity index (χ1n) is 6.53. The predicted octanol–water partition coefficient (Wildman–Crippen LogP) is 4.94. The van der Waals surface area contributed by atoms with Crippen LogP contribution in [0.1, 0.15) is 39.5 Å². The van der Waals surface area contributed by atoms with Crippen molar-refractivity contribution >= 4 is 7.37 Å². The summed E-state index contributed by atoms with van der Waals surface area (Å²) in [7, 11) is -2.46. The fraction of sp³-hybridized carbons (Fsp3) is 0.571. The van der Waals surface area contributed by atoms with Gasteiger partial charge in [-0.25, -0.2) is 0 Å². The first kappa shape index (κ1) is 14.3. The normalized spacial score (nSPS) is 14.2. The summed E-state index contributed by atoms with van der Waals surface area (Å²) in [6.07, 6.45) is 5.90. The third-order valence-corrected chi connectivity index (χ3v) is 5.35. The van der Waals surface area contributed by atoms with E-state index in [1.807, 2.05) is 37.3 Å². The Morgan fingerprint density at radius 2 is 1.76 bits per heavy atom. The van der Waals surface area contributed by atoms with Crippen LogP contribution in [0.25, 0.3) is 0 Å². The zero-order valence-corrected chi connectivity index (χ0v) is 11.8. The van der Waals surface area contributed by atoms with Gasteiger partial charge in [0.2, 0.25) is 7.37 Å². The van der Waals surface area contributed by atoms with Gasteiger partial charge in [0.15, 0.2) is 0 Å². The number of benzene rings is 1. The molecule has 0 aliphatic rings. The van der Waals surface area contributed by atoms with Crippen molar-refractivity contribution in [3.63, 3.8) is 0 Å². The highest BCUT2D eigenvalue weighted by Gasteiger charge is 2.21. The van der Waals surface area contributed by atoms with Gasteiger partial charge < -0.3 is 4.52 Å². The summed E-state index contributed by atoms with van der Waals surface area (Å²) in [5, 5.41) is 0. The van der Waals surface area contributed by atoms with E-state index in [9.17, 15) is 4.57 Å². The molecular formula is C14H23O2P. The van der Waals surface area contributed by atoms with Gasteiger partial charge in [0.05, 0.1) is 0 Å². The molecule has 0 bridgehead atoms. The van der Waals surface area contributed by atoms with Crippen LogP contribution in [0.5, 0.6) is 5.75 Å². The van der Waals surface area contributed by atoms with Crippen LogP contribution in [-0.4, -0.2) is 12.3 Å². The molecule has 1 unspecified atom stereocenters. The van der Waals surface area contributed by atoms with Gasteiger partial charge in [0.1, 0.15) is 5.75 Å². The van der Waals surface area contributed by atoms with Crippen molar-refractivity contribution in [1.82, 2.24) is 0 Å². The standard InChI is InChI=1S/C14H23O2P/c1-3-5-6-10-13-17(15,4-2)16-14-11-8-7-9-12-14/h7-9,11-12H,3-6,10,13H2,1-2H3. The second-order valence-electron chi connectivity index (χ2n) is 4.32. The van der Waals surface area contributed by atoms with E-state index in [-0.39, 0.29) is 0 Å². The first-order valence-corrected chi connectivity index (χ1v) is 8.52. The summed E-state index contributed by atoms with van der Waals surface area (Å²) in [6.45, 7) is 4.13. The average molecular weight is 254 g/mol. The first-order chi connectivity index (χ1) is 8.20. The lowest BCUT2D eigenvalue weighted by Gasteiger charge is -2.18. The molecular weight excluding hydrogens is 231 g/mol. The Morgan fingerprint density at radius 1 is 1.06 bits per heavy atom. The van der Waals surface area contributed by atoms with Crippen LogP contribution in [-0.2, 0) is 4.57 Å². The maximum Gasteiger partial charge on any atom is 0.247 e. The summed E-state index contributed by atoms with van der Waals surface area (Å²) in [5.41, 5.74) is 0. The lowest BCUT2D eigenvalue weighted by Crippen LogP contribution is -2.01. The minimum Gasteiger partial charge on any atom is -0.443 e. The van der Waals surface area contributed by atoms with Crippen molar-refractivity contribution in [3.05, 3.63) is 30.3 Å². The molecule has 0 heterocycles. The van der Waals surface area contributed by atoms with Crippen LogP contribution < -0.4 is 4.52 Å². The fourth-order valence-electron chi connectivity index (χ4n) is 1.72. The van der Waals surface area contributed by atoms with E-state index in [2.05, 4.69) is 6.92 Å². The Balaban J connectivity index is 2.48. The van der Waals surface area contributed by atoms with Gasteiger partial charge in [-0.05, 0) is 18.6 Å². The SMILES string of the molecule is CCCCCCP(=O)(CC)Oc1ccccc1. The number of hydrogen-bond acceptors (Lipinski definition) is 2. The molecule has 2 nitrogen and oxygen atoms in total. The molecule has 1 aromatic carbocycles. The second kappa shape index (κ2) is 7.55. The van der Waals surface area contributed by atoms with Gasteiger partial charge in [-0.2, -0.15) is 0 Å². The third kappa shape index (κ3) is 5.41. The van der Waals surface area contributed by atoms with Crippen LogP contribution >= 0.6 is 7.37 Å². The lowest BCUT2D eigenvalue weighted by molar-refractivity contribution is 0.479. The number of unbranched alkanes of at least 4 members (excludes halogenated alkanes) is 3. The smallest absolute Gasteiger partial charge is 0.247 e. The van der Waals surface area contributed by atoms with Gasteiger partial charge in [0.25, 0.3) is 0 Å². The minimum atomic E-state index is -2.46. The van der Waals surface area contributed by atoms with Gasteiger partial charge in [-0.15, -0.1) is 0 Å². The molecule has 1 rings (SSSR count). The quantitative estimate of drug-likeness (QED) is 0.485. The van der Waals surface area contributed by atoms with Crippen molar-refractivity contribution < 1.29 is 9.09 Å². The van der Waals surface area contributed by atoms with E-state index < -0.39 is 7.37 Å². The summed E-state index contributed by atoms with van der Waals surface area (Å²) < 4.78 is 18.2. The third-order valence-electron chi connectivity index (χ3n) is 2.85. The summed E-state index contributed by atoms with van der Waals surface area (Å²) in [5.74, 6) is 0.730. The number of para-hydroxylation sites is 1. The van der Waals surface area contributed by atoms with Crippen molar-refractivity contribution in [2.75, 3.05) is 12.3 Å². The molecule has 0 radical (unpaired) electrons. The molecule has 0 aliphatic carbocycles. The lowest BCUT2D eigenvalue weighted by atomic mass is 10.2. The molecule has 0 saturated heterocycles. The van der Waals surface area contributed by atoms with E-state index in [0.29, 0.717) is 12.3 Å². The Bertz CT molecular complexity index is 348. The topological polar surface area (TPSA) is 26.3 Å². The number of rotatable bonds is 8. The van der Waals surface area contributed by atoms with E-state index >= 15 is 0 Å². The monoisotopic (exact) mass is 254 g/mol. The largest absolute Gasteiger partial charge is 0.443 e. The molecule has 0 fully saturated rings. The van der Waals surface area contributed by atoms with Crippen LogP contribution in [0, 0.1) is 0 Å². The van der Waals surface area contributed by atoms with Gasteiger partial charge in [-0.1, -0.05) is 51.3 Å². The molecule has 0 amide bonds. The molecule has 0 N–H and O–H groups in total. The molecule has 1 aromatic rings. The van der Waals surface area contributed by atoms with Crippen LogP contribution in [0.4, 0.5) is 0 Å². The van der Waals surface area contributed by atoms with Crippen molar-refractivity contribution in [3.8, 4) is 5.75 Å². The molecule has 0 aromatic heterocycles. The zero-order valence-electron chi connectivity index (χ0n) is 10.9. The van der Waals surface area contributed by atoms with E-state index in [0.717, 1.165) is 18.6 Å². The molecule has 1 atom stereocenters. The maximum absolute atomic E-state index is 12.5.